The van der Waals surface area contributed by atoms with Gasteiger partial charge >= 0.3 is 12.1 Å². The molecule has 0 aliphatic carbocycles. The lowest BCUT2D eigenvalue weighted by molar-refractivity contribution is -0.145. The first-order chi connectivity index (χ1) is 20.1. The molecule has 0 fully saturated rings. The third-order valence-electron chi connectivity index (χ3n) is 6.54. The second-order valence-electron chi connectivity index (χ2n) is 10.8. The van der Waals surface area contributed by atoms with Gasteiger partial charge in [-0.1, -0.05) is 44.0 Å². The van der Waals surface area contributed by atoms with Crippen LogP contribution in [0.5, 0.6) is 0 Å². The Morgan fingerprint density at radius 3 is 1.65 bits per heavy atom. The van der Waals surface area contributed by atoms with Gasteiger partial charge in [-0.3, -0.25) is 23.5 Å². The quantitative estimate of drug-likeness (QED) is 0.232. The van der Waals surface area contributed by atoms with Crippen molar-refractivity contribution in [2.75, 3.05) is 7.11 Å². The zero-order valence-electron chi connectivity index (χ0n) is 24.3. The van der Waals surface area contributed by atoms with E-state index in [0.717, 1.165) is 0 Å². The minimum atomic E-state index is -1.40. The average Bonchev–Trinajstić information content (AvgIpc) is 3.47. The molecule has 2 aromatic heterocycles. The van der Waals surface area contributed by atoms with Crippen molar-refractivity contribution in [3.8, 4) is 0 Å². The lowest BCUT2D eigenvalue weighted by Gasteiger charge is -2.25. The molecule has 2 heterocycles. The van der Waals surface area contributed by atoms with Crippen molar-refractivity contribution < 1.29 is 33.4 Å². The van der Waals surface area contributed by atoms with Crippen LogP contribution in [0.4, 0.5) is 4.79 Å². The fraction of sp³-hybridized carbons (Fsp3) is 0.300. The summed E-state index contributed by atoms with van der Waals surface area (Å²) in [5.41, 5.74) is 0.739. The molecule has 226 valence electrons. The molecule has 43 heavy (non-hydrogen) atoms. The molecule has 0 saturated heterocycles. The summed E-state index contributed by atoms with van der Waals surface area (Å²) in [4.78, 5) is 65.2. The van der Waals surface area contributed by atoms with Crippen molar-refractivity contribution in [2.45, 2.75) is 52.3 Å². The number of nitrogens with one attached hydrogen (secondary N) is 2. The molecule has 0 bridgehead atoms. The van der Waals surface area contributed by atoms with E-state index >= 15 is 0 Å². The topological polar surface area (TPSA) is 138 Å². The summed E-state index contributed by atoms with van der Waals surface area (Å²) >= 11 is 6.81. The Kier molecular flexibility index (Phi) is 9.16. The predicted octanol–water partition coefficient (Wildman–Crippen LogP) is 6.04. The van der Waals surface area contributed by atoms with Crippen LogP contribution in [-0.2, 0) is 19.1 Å². The van der Waals surface area contributed by atoms with Crippen LogP contribution in [0.15, 0.2) is 57.7 Å². The van der Waals surface area contributed by atoms with Gasteiger partial charge < -0.3 is 20.1 Å². The number of nitrogens with zero attached hydrogens (tertiary/aromatic N) is 2. The summed E-state index contributed by atoms with van der Waals surface area (Å²) in [5.74, 6) is -2.21. The van der Waals surface area contributed by atoms with Gasteiger partial charge in [0.2, 0.25) is 17.7 Å². The molecule has 0 aliphatic heterocycles. The third-order valence-corrected chi connectivity index (χ3v) is 7.53. The van der Waals surface area contributed by atoms with E-state index in [9.17, 15) is 24.0 Å². The number of ether oxygens (including phenoxy) is 2. The van der Waals surface area contributed by atoms with Crippen LogP contribution in [-0.4, -0.2) is 51.6 Å². The maximum absolute atomic E-state index is 14.1. The SMILES string of the molecule is COC(=O)[C@@H](NC(=O)[C@H](NC(=O)OC(C)(C)C)c1cn(C(C)=O)c2cc(Br)ccc12)c1cn(C(C)=O)c2cc(Br)ccc12. The molecule has 11 nitrogen and oxygen atoms in total. The highest BCUT2D eigenvalue weighted by atomic mass is 79.9. The normalized spacial score (nSPS) is 12.9. The van der Waals surface area contributed by atoms with Crippen molar-refractivity contribution >= 4 is 83.4 Å². The molecule has 0 unspecified atom stereocenters. The number of alkyl carbamates (subject to hydrolysis) is 1. The van der Waals surface area contributed by atoms with Crippen molar-refractivity contribution in [1.82, 2.24) is 19.8 Å². The molecule has 0 spiro atoms. The maximum Gasteiger partial charge on any atom is 0.408 e. The molecule has 4 rings (SSSR count). The van der Waals surface area contributed by atoms with Gasteiger partial charge in [-0.2, -0.15) is 0 Å². The number of fused-ring (bicyclic) bond motifs is 2. The zero-order chi connectivity index (χ0) is 31.8. The standard InChI is InChI=1S/C30H30Br2N4O7/c1-15(37)35-13-21(19-9-7-17(31)11-23(19)35)25(34-29(41)43-30(3,4)5)27(39)33-26(28(40)42-6)22-14-36(16(2)38)24-12-18(32)8-10-20(22)24/h7-14,25-26H,1-6H3,(H,33,39)(H,34,41)/t25-,26+/m1/s1. The van der Waals surface area contributed by atoms with E-state index in [-0.39, 0.29) is 11.8 Å². The minimum absolute atomic E-state index is 0.291. The van der Waals surface area contributed by atoms with Crippen LogP contribution < -0.4 is 10.6 Å². The lowest BCUT2D eigenvalue weighted by atomic mass is 10.0. The summed E-state index contributed by atoms with van der Waals surface area (Å²) in [6.07, 6.45) is 2.05. The number of halogens is 2. The van der Waals surface area contributed by atoms with Crippen molar-refractivity contribution in [2.24, 2.45) is 0 Å². The first kappa shape index (κ1) is 32.0. The van der Waals surface area contributed by atoms with E-state index in [4.69, 9.17) is 9.47 Å². The molecule has 4 aromatic rings. The van der Waals surface area contributed by atoms with Crippen LogP contribution in [0.25, 0.3) is 21.8 Å². The Morgan fingerprint density at radius 2 is 1.23 bits per heavy atom. The summed E-state index contributed by atoms with van der Waals surface area (Å²) in [5, 5.41) is 6.35. The molecule has 2 N–H and O–H groups in total. The molecular formula is C30H30Br2N4O7. The van der Waals surface area contributed by atoms with E-state index in [2.05, 4.69) is 42.5 Å². The number of hydrogen-bond donors (Lipinski definition) is 2. The molecule has 0 aliphatic rings. The van der Waals surface area contributed by atoms with E-state index < -0.39 is 35.7 Å². The number of carbonyl (C=O) groups excluding carboxylic acids is 5. The van der Waals surface area contributed by atoms with Crippen molar-refractivity contribution in [1.29, 1.82) is 0 Å². The summed E-state index contributed by atoms with van der Waals surface area (Å²) in [7, 11) is 1.18. The monoisotopic (exact) mass is 716 g/mol. The number of hydrogen-bond acceptors (Lipinski definition) is 7. The van der Waals surface area contributed by atoms with Crippen LogP contribution in [0, 0.1) is 0 Å². The molecule has 0 saturated carbocycles. The number of carbonyl (C=O) groups is 5. The number of benzene rings is 2. The Hall–Kier alpha value is -3.97. The highest BCUT2D eigenvalue weighted by Crippen LogP contribution is 2.33. The fourth-order valence-electron chi connectivity index (χ4n) is 4.75. The minimum Gasteiger partial charge on any atom is -0.467 e. The van der Waals surface area contributed by atoms with E-state index in [1.165, 1.54) is 42.5 Å². The molecule has 0 radical (unpaired) electrons. The van der Waals surface area contributed by atoms with Gasteiger partial charge in [0.15, 0.2) is 6.04 Å². The summed E-state index contributed by atoms with van der Waals surface area (Å²) < 4.78 is 14.6. The second kappa shape index (κ2) is 12.3. The molecule has 2 amide bonds. The second-order valence-corrected chi connectivity index (χ2v) is 12.6. The van der Waals surface area contributed by atoms with E-state index in [1.54, 1.807) is 57.2 Å². The third kappa shape index (κ3) is 6.83. The highest BCUT2D eigenvalue weighted by Gasteiger charge is 2.34. The Morgan fingerprint density at radius 1 is 0.767 bits per heavy atom. The predicted molar refractivity (Wildman–Crippen MR) is 167 cm³/mol. The van der Waals surface area contributed by atoms with Crippen LogP contribution >= 0.6 is 31.9 Å². The first-order valence-corrected chi connectivity index (χ1v) is 14.7. The van der Waals surface area contributed by atoms with Gasteiger partial charge in [-0.25, -0.2) is 9.59 Å². The number of esters is 1. The van der Waals surface area contributed by atoms with Gasteiger partial charge in [0.1, 0.15) is 11.6 Å². The van der Waals surface area contributed by atoms with Gasteiger partial charge in [0, 0.05) is 57.1 Å². The average molecular weight is 718 g/mol. The zero-order valence-corrected chi connectivity index (χ0v) is 27.5. The van der Waals surface area contributed by atoms with Gasteiger partial charge in [0.05, 0.1) is 18.1 Å². The lowest BCUT2D eigenvalue weighted by Crippen LogP contribution is -2.45. The van der Waals surface area contributed by atoms with Gasteiger partial charge in [-0.15, -0.1) is 0 Å². The van der Waals surface area contributed by atoms with Crippen LogP contribution in [0.2, 0.25) is 0 Å². The van der Waals surface area contributed by atoms with E-state index in [1.807, 2.05) is 0 Å². The number of amides is 2. The molecule has 13 heteroatoms. The Balaban J connectivity index is 1.85. The number of methoxy groups -OCH3 is 1. The molecule has 2 aromatic carbocycles. The smallest absolute Gasteiger partial charge is 0.408 e. The van der Waals surface area contributed by atoms with E-state index in [0.29, 0.717) is 41.9 Å². The molecular weight excluding hydrogens is 688 g/mol. The van der Waals surface area contributed by atoms with Gasteiger partial charge in [-0.05, 0) is 45.0 Å². The first-order valence-electron chi connectivity index (χ1n) is 13.1. The van der Waals surface area contributed by atoms with Crippen molar-refractivity contribution in [3.63, 3.8) is 0 Å². The number of aromatic nitrogens is 2. The molecule has 2 atom stereocenters. The maximum atomic E-state index is 14.1. The highest BCUT2D eigenvalue weighted by molar-refractivity contribution is 9.10. The summed E-state index contributed by atoms with van der Waals surface area (Å²) in [6, 6.07) is 7.58. The fourth-order valence-corrected chi connectivity index (χ4v) is 5.45. The largest absolute Gasteiger partial charge is 0.467 e. The Labute approximate surface area is 264 Å². The van der Waals surface area contributed by atoms with Gasteiger partial charge in [0.25, 0.3) is 0 Å². The van der Waals surface area contributed by atoms with Crippen LogP contribution in [0.3, 0.4) is 0 Å². The van der Waals surface area contributed by atoms with Crippen LogP contribution in [0.1, 0.15) is 67.4 Å². The number of rotatable bonds is 6. The van der Waals surface area contributed by atoms with Crippen molar-refractivity contribution in [3.05, 3.63) is 68.9 Å². The Bertz CT molecular complexity index is 1780. The summed E-state index contributed by atoms with van der Waals surface area (Å²) in [6.45, 7) is 7.78.